The van der Waals surface area contributed by atoms with Crippen LogP contribution in [0.2, 0.25) is 5.02 Å². The van der Waals surface area contributed by atoms with E-state index in [0.717, 1.165) is 27.5 Å². The molecule has 1 aliphatic heterocycles. The molecule has 3 nitrogen and oxygen atoms in total. The molecule has 6 heteroatoms. The third kappa shape index (κ3) is 3.26. The Bertz CT molecular complexity index is 747. The highest BCUT2D eigenvalue weighted by Gasteiger charge is 2.21. The second-order valence-electron chi connectivity index (χ2n) is 4.21. The molecule has 1 aromatic carbocycles. The molecule has 1 aromatic heterocycles. The standard InChI is InChI=1S/C15H10ClNO2S2/c1-20-15-17-12(14(18)21-15)8-11-6-7-13(19-11)9-2-4-10(16)5-3-9/h2-8H,1H3/b12-8+. The maximum atomic E-state index is 11.8. The van der Waals surface area contributed by atoms with Crippen molar-refractivity contribution in [2.24, 2.45) is 4.99 Å². The molecular formula is C15H10ClNO2S2. The van der Waals surface area contributed by atoms with Gasteiger partial charge in [0.25, 0.3) is 0 Å². The summed E-state index contributed by atoms with van der Waals surface area (Å²) in [5, 5.41) is 0.629. The smallest absolute Gasteiger partial charge is 0.244 e. The molecule has 0 aliphatic carbocycles. The molecule has 0 N–H and O–H groups in total. The van der Waals surface area contributed by atoms with Crippen molar-refractivity contribution in [3.8, 4) is 11.3 Å². The van der Waals surface area contributed by atoms with E-state index in [4.69, 9.17) is 16.0 Å². The molecule has 2 aromatic rings. The van der Waals surface area contributed by atoms with Crippen molar-refractivity contribution < 1.29 is 9.21 Å². The van der Waals surface area contributed by atoms with E-state index in [1.54, 1.807) is 6.08 Å². The summed E-state index contributed by atoms with van der Waals surface area (Å²) in [6.07, 6.45) is 3.56. The van der Waals surface area contributed by atoms with Gasteiger partial charge in [-0.3, -0.25) is 4.79 Å². The minimum atomic E-state index is -0.0520. The van der Waals surface area contributed by atoms with Crippen molar-refractivity contribution in [3.05, 3.63) is 52.9 Å². The van der Waals surface area contributed by atoms with Crippen molar-refractivity contribution in [1.82, 2.24) is 0 Å². The zero-order valence-corrected chi connectivity index (χ0v) is 13.4. The number of aliphatic imine (C=N–C) groups is 1. The summed E-state index contributed by atoms with van der Waals surface area (Å²) in [7, 11) is 0. The lowest BCUT2D eigenvalue weighted by Crippen LogP contribution is -1.86. The van der Waals surface area contributed by atoms with E-state index in [1.807, 2.05) is 42.7 Å². The normalized spacial score (nSPS) is 16.6. The lowest BCUT2D eigenvalue weighted by Gasteiger charge is -1.96. The molecule has 0 bridgehead atoms. The molecule has 1 aliphatic rings. The van der Waals surface area contributed by atoms with Gasteiger partial charge in [-0.15, -0.1) is 11.8 Å². The van der Waals surface area contributed by atoms with Crippen molar-refractivity contribution in [3.63, 3.8) is 0 Å². The number of rotatable bonds is 2. The molecule has 0 spiro atoms. The third-order valence-electron chi connectivity index (χ3n) is 2.81. The number of hydrogen-bond donors (Lipinski definition) is 0. The maximum Gasteiger partial charge on any atom is 0.244 e. The number of furan rings is 1. The van der Waals surface area contributed by atoms with Gasteiger partial charge in [0.15, 0.2) is 0 Å². The summed E-state index contributed by atoms with van der Waals surface area (Å²) in [6, 6.07) is 11.1. The Morgan fingerprint density at radius 1 is 1.24 bits per heavy atom. The van der Waals surface area contributed by atoms with Gasteiger partial charge in [0.05, 0.1) is 0 Å². The molecule has 3 rings (SSSR count). The molecule has 106 valence electrons. The van der Waals surface area contributed by atoms with Gasteiger partial charge in [0, 0.05) is 16.7 Å². The van der Waals surface area contributed by atoms with Gasteiger partial charge in [-0.2, -0.15) is 0 Å². The highest BCUT2D eigenvalue weighted by Crippen LogP contribution is 2.31. The summed E-state index contributed by atoms with van der Waals surface area (Å²) in [5.74, 6) is 1.33. The highest BCUT2D eigenvalue weighted by molar-refractivity contribution is 8.45. The Morgan fingerprint density at radius 3 is 2.67 bits per heavy atom. The van der Waals surface area contributed by atoms with Crippen LogP contribution in [0.15, 0.2) is 51.5 Å². The Hall–Kier alpha value is -1.43. The SMILES string of the molecule is CSC1=N/C(=C/c2ccc(-c3ccc(Cl)cc3)o2)C(=O)S1. The number of hydrogen-bond acceptors (Lipinski definition) is 5. The van der Waals surface area contributed by atoms with Gasteiger partial charge < -0.3 is 4.42 Å². The first-order chi connectivity index (χ1) is 10.2. The summed E-state index contributed by atoms with van der Waals surface area (Å²) < 4.78 is 6.49. The number of carbonyl (C=O) groups excluding carboxylic acids is 1. The lowest BCUT2D eigenvalue weighted by atomic mass is 10.2. The number of halogens is 1. The Kier molecular flexibility index (Phi) is 4.24. The van der Waals surface area contributed by atoms with Crippen LogP contribution in [0.25, 0.3) is 17.4 Å². The van der Waals surface area contributed by atoms with E-state index in [-0.39, 0.29) is 5.12 Å². The first kappa shape index (κ1) is 14.5. The minimum absolute atomic E-state index is 0.0520. The number of benzene rings is 1. The van der Waals surface area contributed by atoms with Crippen LogP contribution in [-0.4, -0.2) is 15.7 Å². The number of carbonyl (C=O) groups is 1. The predicted molar refractivity (Wildman–Crippen MR) is 90.7 cm³/mol. The van der Waals surface area contributed by atoms with Crippen molar-refractivity contribution in [2.75, 3.05) is 6.26 Å². The molecule has 0 saturated carbocycles. The van der Waals surface area contributed by atoms with E-state index in [1.165, 1.54) is 11.8 Å². The van der Waals surface area contributed by atoms with Gasteiger partial charge in [-0.05, 0) is 54.4 Å². The van der Waals surface area contributed by atoms with Crippen molar-refractivity contribution in [1.29, 1.82) is 0 Å². The first-order valence-electron chi connectivity index (χ1n) is 6.08. The third-order valence-corrected chi connectivity index (χ3v) is 4.91. The highest BCUT2D eigenvalue weighted by atomic mass is 35.5. The molecule has 0 unspecified atom stereocenters. The van der Waals surface area contributed by atoms with Crippen LogP contribution in [0, 0.1) is 0 Å². The fourth-order valence-corrected chi connectivity index (χ4v) is 3.20. The van der Waals surface area contributed by atoms with Crippen LogP contribution in [0.3, 0.4) is 0 Å². The predicted octanol–water partition coefficient (Wildman–Crippen LogP) is 4.93. The summed E-state index contributed by atoms with van der Waals surface area (Å²) in [5.41, 5.74) is 1.35. The van der Waals surface area contributed by atoms with E-state index in [0.29, 0.717) is 16.5 Å². The monoisotopic (exact) mass is 335 g/mol. The zero-order chi connectivity index (χ0) is 14.8. The lowest BCUT2D eigenvalue weighted by molar-refractivity contribution is -0.107. The topological polar surface area (TPSA) is 42.6 Å². The molecule has 21 heavy (non-hydrogen) atoms. The van der Waals surface area contributed by atoms with Crippen molar-refractivity contribution >= 4 is 50.7 Å². The average molecular weight is 336 g/mol. The number of thioether (sulfide) groups is 2. The molecule has 0 atom stereocenters. The Balaban J connectivity index is 1.87. The van der Waals surface area contributed by atoms with Gasteiger partial charge in [0.1, 0.15) is 21.6 Å². The molecule has 0 radical (unpaired) electrons. The maximum absolute atomic E-state index is 11.8. The van der Waals surface area contributed by atoms with E-state index < -0.39 is 0 Å². The van der Waals surface area contributed by atoms with Crippen LogP contribution >= 0.6 is 35.1 Å². The van der Waals surface area contributed by atoms with E-state index in [2.05, 4.69) is 4.99 Å². The van der Waals surface area contributed by atoms with Gasteiger partial charge >= 0.3 is 0 Å². The Labute approximate surface area is 135 Å². The van der Waals surface area contributed by atoms with Crippen LogP contribution in [-0.2, 0) is 4.79 Å². The molecule has 0 saturated heterocycles. The molecule has 0 amide bonds. The minimum Gasteiger partial charge on any atom is -0.457 e. The molecule has 0 fully saturated rings. The van der Waals surface area contributed by atoms with Crippen LogP contribution < -0.4 is 0 Å². The summed E-state index contributed by atoms with van der Waals surface area (Å²) >= 11 is 8.47. The largest absolute Gasteiger partial charge is 0.457 e. The van der Waals surface area contributed by atoms with E-state index >= 15 is 0 Å². The first-order valence-corrected chi connectivity index (χ1v) is 8.50. The van der Waals surface area contributed by atoms with Gasteiger partial charge in [-0.25, -0.2) is 4.99 Å². The van der Waals surface area contributed by atoms with Gasteiger partial charge in [-0.1, -0.05) is 11.6 Å². The zero-order valence-electron chi connectivity index (χ0n) is 11.0. The quantitative estimate of drug-likeness (QED) is 0.729. The fraction of sp³-hybridized carbons (Fsp3) is 0.0667. The van der Waals surface area contributed by atoms with Crippen LogP contribution in [0.1, 0.15) is 5.76 Å². The fourth-order valence-electron chi connectivity index (χ4n) is 1.81. The van der Waals surface area contributed by atoms with Crippen LogP contribution in [0.4, 0.5) is 0 Å². The van der Waals surface area contributed by atoms with Crippen LogP contribution in [0.5, 0.6) is 0 Å². The molecule has 2 heterocycles. The number of nitrogens with zero attached hydrogens (tertiary/aromatic N) is 1. The summed E-state index contributed by atoms with van der Waals surface area (Å²) in [4.78, 5) is 16.0. The second kappa shape index (κ2) is 6.13. The second-order valence-corrected chi connectivity index (χ2v) is 6.66. The van der Waals surface area contributed by atoms with E-state index in [9.17, 15) is 4.79 Å². The average Bonchev–Trinajstić information content (AvgIpc) is 3.08. The molecular weight excluding hydrogens is 326 g/mol. The Morgan fingerprint density at radius 2 is 2.00 bits per heavy atom. The van der Waals surface area contributed by atoms with Crippen molar-refractivity contribution in [2.45, 2.75) is 0 Å². The summed E-state index contributed by atoms with van der Waals surface area (Å²) in [6.45, 7) is 0. The van der Waals surface area contributed by atoms with Gasteiger partial charge in [0.2, 0.25) is 5.12 Å².